The van der Waals surface area contributed by atoms with E-state index >= 15 is 0 Å². The second-order valence-electron chi connectivity index (χ2n) is 7.91. The van der Waals surface area contributed by atoms with E-state index in [1.54, 1.807) is 4.52 Å². The van der Waals surface area contributed by atoms with E-state index in [-0.39, 0.29) is 11.4 Å². The zero-order valence-electron chi connectivity index (χ0n) is 17.0. The fraction of sp³-hybridized carbons (Fsp3) is 0.364. The van der Waals surface area contributed by atoms with Crippen LogP contribution in [0, 0.1) is 13.8 Å². The lowest BCUT2D eigenvalue weighted by molar-refractivity contribution is -0.124. The molecule has 1 aromatic carbocycles. The molecule has 3 N–H and O–H groups in total. The summed E-state index contributed by atoms with van der Waals surface area (Å²) in [6, 6.07) is 8.15. The van der Waals surface area contributed by atoms with Crippen molar-refractivity contribution in [1.29, 1.82) is 0 Å². The Labute approximate surface area is 183 Å². The van der Waals surface area contributed by atoms with E-state index < -0.39 is 5.91 Å². The first kappa shape index (κ1) is 20.5. The van der Waals surface area contributed by atoms with Crippen LogP contribution >= 0.6 is 15.9 Å². The number of rotatable bonds is 6. The minimum atomic E-state index is -0.554. The van der Waals surface area contributed by atoms with Crippen molar-refractivity contribution in [2.45, 2.75) is 51.5 Å². The number of nitrogens with two attached hydrogens (primary N) is 1. The summed E-state index contributed by atoms with van der Waals surface area (Å²) in [5, 5.41) is 7.52. The van der Waals surface area contributed by atoms with E-state index in [4.69, 9.17) is 5.73 Å². The number of nitrogens with zero attached hydrogens (tertiary/aromatic N) is 3. The van der Waals surface area contributed by atoms with Crippen molar-refractivity contribution in [1.82, 2.24) is 19.9 Å². The number of nitrogens with one attached hydrogen (secondary N) is 1. The first-order valence-electron chi connectivity index (χ1n) is 10.0. The molecule has 0 atom stereocenters. The predicted molar refractivity (Wildman–Crippen MR) is 117 cm³/mol. The summed E-state index contributed by atoms with van der Waals surface area (Å²) in [5.74, 6) is -0.534. The average Bonchev–Trinajstić information content (AvgIpc) is 3.08. The van der Waals surface area contributed by atoms with Crippen LogP contribution in [-0.2, 0) is 16.8 Å². The van der Waals surface area contributed by atoms with E-state index in [0.717, 1.165) is 46.2 Å². The van der Waals surface area contributed by atoms with E-state index in [1.165, 1.54) is 6.20 Å². The van der Waals surface area contributed by atoms with Gasteiger partial charge in [0.1, 0.15) is 5.56 Å². The maximum absolute atomic E-state index is 12.8. The number of hydrogen-bond donors (Lipinski definition) is 2. The molecule has 2 aromatic heterocycles. The number of aromatic nitrogens is 3. The molecule has 0 saturated heterocycles. The van der Waals surface area contributed by atoms with Gasteiger partial charge in [-0.15, -0.1) is 0 Å². The third-order valence-electron chi connectivity index (χ3n) is 6.04. The minimum Gasteiger partial charge on any atom is -0.365 e. The quantitative estimate of drug-likeness (QED) is 0.577. The molecule has 0 radical (unpaired) electrons. The zero-order valence-corrected chi connectivity index (χ0v) is 18.6. The number of primary amides is 1. The van der Waals surface area contributed by atoms with Gasteiger partial charge in [-0.3, -0.25) is 9.59 Å². The van der Waals surface area contributed by atoms with Crippen LogP contribution in [0.25, 0.3) is 5.65 Å². The maximum atomic E-state index is 12.8. The summed E-state index contributed by atoms with van der Waals surface area (Å²) in [6.07, 6.45) is 5.34. The minimum absolute atomic E-state index is 0.0202. The summed E-state index contributed by atoms with van der Waals surface area (Å²) in [5.41, 5.74) is 9.63. The molecule has 4 rings (SSSR count). The molecule has 0 bridgehead atoms. The van der Waals surface area contributed by atoms with Crippen LogP contribution in [0.15, 0.2) is 34.9 Å². The molecule has 2 heterocycles. The van der Waals surface area contributed by atoms with Crippen LogP contribution in [0.2, 0.25) is 0 Å². The molecule has 0 aliphatic heterocycles. The molecule has 30 heavy (non-hydrogen) atoms. The fourth-order valence-electron chi connectivity index (χ4n) is 4.22. The summed E-state index contributed by atoms with van der Waals surface area (Å²) < 4.78 is 2.63. The van der Waals surface area contributed by atoms with Crippen LogP contribution < -0.4 is 11.1 Å². The van der Waals surface area contributed by atoms with E-state index in [2.05, 4.69) is 43.5 Å². The highest BCUT2D eigenvalue weighted by atomic mass is 79.9. The molecule has 3 aromatic rings. The average molecular weight is 470 g/mol. The summed E-state index contributed by atoms with van der Waals surface area (Å²) >= 11 is 3.52. The molecule has 156 valence electrons. The Morgan fingerprint density at radius 2 is 2.07 bits per heavy atom. The van der Waals surface area contributed by atoms with Gasteiger partial charge in [0.25, 0.3) is 5.91 Å². The number of aryl methyl sites for hydroxylation is 2. The van der Waals surface area contributed by atoms with Gasteiger partial charge in [-0.1, -0.05) is 28.1 Å². The number of carbonyl (C=O) groups is 2. The van der Waals surface area contributed by atoms with E-state index in [1.807, 2.05) is 26.0 Å². The normalized spacial score (nSPS) is 15.0. The van der Waals surface area contributed by atoms with Gasteiger partial charge in [0.15, 0.2) is 5.65 Å². The van der Waals surface area contributed by atoms with Crippen molar-refractivity contribution in [2.24, 2.45) is 5.73 Å². The predicted octanol–water partition coefficient (Wildman–Crippen LogP) is 3.34. The van der Waals surface area contributed by atoms with Gasteiger partial charge in [-0.05, 0) is 62.8 Å². The van der Waals surface area contributed by atoms with Gasteiger partial charge in [0, 0.05) is 22.3 Å². The molecule has 1 aliphatic rings. The number of carbonyl (C=O) groups excluding carboxylic acids is 2. The van der Waals surface area contributed by atoms with Gasteiger partial charge < -0.3 is 11.1 Å². The largest absolute Gasteiger partial charge is 0.365 e. The van der Waals surface area contributed by atoms with Gasteiger partial charge >= 0.3 is 0 Å². The highest BCUT2D eigenvalue weighted by molar-refractivity contribution is 9.10. The molecule has 1 saturated carbocycles. The van der Waals surface area contributed by atoms with Crippen molar-refractivity contribution < 1.29 is 9.59 Å². The lowest BCUT2D eigenvalue weighted by atomic mass is 9.71. The first-order valence-corrected chi connectivity index (χ1v) is 10.8. The number of benzene rings is 1. The standard InChI is InChI=1S/C22H24BrN5O2/c1-13-17(14(2)28-21(26-13)18(12-25-28)20(24)30)7-8-19(29)27-22(9-4-10-22)15-5-3-6-16(23)11-15/h3,5-6,11-12H,4,7-10H2,1-2H3,(H2,24,30)(H,27,29). The maximum Gasteiger partial charge on any atom is 0.254 e. The van der Waals surface area contributed by atoms with Crippen LogP contribution in [0.5, 0.6) is 0 Å². The Kier molecular flexibility index (Phi) is 5.36. The smallest absolute Gasteiger partial charge is 0.254 e. The van der Waals surface area contributed by atoms with Crippen LogP contribution in [-0.4, -0.2) is 26.4 Å². The summed E-state index contributed by atoms with van der Waals surface area (Å²) in [6.45, 7) is 3.80. The number of halogens is 1. The van der Waals surface area contributed by atoms with Crippen molar-refractivity contribution >= 4 is 33.4 Å². The monoisotopic (exact) mass is 469 g/mol. The third-order valence-corrected chi connectivity index (χ3v) is 6.53. The van der Waals surface area contributed by atoms with E-state index in [0.29, 0.717) is 24.1 Å². The van der Waals surface area contributed by atoms with Crippen molar-refractivity contribution in [3.63, 3.8) is 0 Å². The molecular weight excluding hydrogens is 446 g/mol. The molecule has 7 nitrogen and oxygen atoms in total. The Morgan fingerprint density at radius 1 is 1.30 bits per heavy atom. The Hall–Kier alpha value is -2.74. The van der Waals surface area contributed by atoms with Gasteiger partial charge in [-0.25, -0.2) is 9.50 Å². The number of fused-ring (bicyclic) bond motifs is 1. The molecule has 0 unspecified atom stereocenters. The molecule has 8 heteroatoms. The first-order chi connectivity index (χ1) is 14.3. The molecule has 0 spiro atoms. The Balaban J connectivity index is 1.51. The van der Waals surface area contributed by atoms with Crippen LogP contribution in [0.1, 0.15) is 58.6 Å². The second-order valence-corrected chi connectivity index (χ2v) is 8.83. The van der Waals surface area contributed by atoms with Crippen molar-refractivity contribution in [3.05, 3.63) is 63.0 Å². The highest BCUT2D eigenvalue weighted by Gasteiger charge is 2.40. The molecular formula is C22H24BrN5O2. The van der Waals surface area contributed by atoms with Gasteiger partial charge in [0.2, 0.25) is 5.91 Å². The molecule has 1 aliphatic carbocycles. The molecule has 1 fully saturated rings. The number of amides is 2. The lowest BCUT2D eigenvalue weighted by Gasteiger charge is -2.43. The summed E-state index contributed by atoms with van der Waals surface area (Å²) in [7, 11) is 0. The summed E-state index contributed by atoms with van der Waals surface area (Å²) in [4.78, 5) is 28.9. The van der Waals surface area contributed by atoms with E-state index in [9.17, 15) is 9.59 Å². The van der Waals surface area contributed by atoms with Crippen LogP contribution in [0.3, 0.4) is 0 Å². The fourth-order valence-corrected chi connectivity index (χ4v) is 4.62. The second kappa shape index (κ2) is 7.83. The van der Waals surface area contributed by atoms with Gasteiger partial charge in [0.05, 0.1) is 11.7 Å². The van der Waals surface area contributed by atoms with Crippen LogP contribution in [0.4, 0.5) is 0 Å². The number of hydrogen-bond acceptors (Lipinski definition) is 4. The van der Waals surface area contributed by atoms with Crippen molar-refractivity contribution in [3.8, 4) is 0 Å². The highest BCUT2D eigenvalue weighted by Crippen LogP contribution is 2.42. The SMILES string of the molecule is Cc1nc2c(C(N)=O)cnn2c(C)c1CCC(=O)NC1(c2cccc(Br)c2)CCC1. The lowest BCUT2D eigenvalue weighted by Crippen LogP contribution is -2.50. The van der Waals surface area contributed by atoms with Crippen molar-refractivity contribution in [2.75, 3.05) is 0 Å². The van der Waals surface area contributed by atoms with Gasteiger partial charge in [-0.2, -0.15) is 5.10 Å². The zero-order chi connectivity index (χ0) is 21.5. The third kappa shape index (κ3) is 3.60. The Bertz CT molecular complexity index is 1150. The molecule has 2 amide bonds. The topological polar surface area (TPSA) is 102 Å². The Morgan fingerprint density at radius 3 is 2.70 bits per heavy atom.